The van der Waals surface area contributed by atoms with Crippen LogP contribution in [0.25, 0.3) is 0 Å². The molecular weight excluding hydrogens is 247 g/mol. The molecule has 1 fully saturated rings. The highest BCUT2D eigenvalue weighted by Gasteiger charge is 2.27. The predicted octanol–water partition coefficient (Wildman–Crippen LogP) is 0.927. The summed E-state index contributed by atoms with van der Waals surface area (Å²) in [5.41, 5.74) is 0.881. The molecule has 1 aliphatic rings. The first-order valence-corrected chi connectivity index (χ1v) is 6.46. The molecule has 0 aromatic heterocycles. The molecule has 19 heavy (non-hydrogen) atoms. The van der Waals surface area contributed by atoms with Gasteiger partial charge in [0.15, 0.2) is 0 Å². The molecule has 1 heterocycles. The minimum atomic E-state index is -0.280. The van der Waals surface area contributed by atoms with E-state index in [4.69, 9.17) is 5.11 Å². The lowest BCUT2D eigenvalue weighted by Crippen LogP contribution is -2.52. The summed E-state index contributed by atoms with van der Waals surface area (Å²) in [6, 6.07) is 5.98. The molecular formula is C14H19FN2O2. The van der Waals surface area contributed by atoms with Gasteiger partial charge in [0, 0.05) is 25.6 Å². The van der Waals surface area contributed by atoms with Crippen LogP contribution in [0, 0.1) is 11.7 Å². The van der Waals surface area contributed by atoms with Gasteiger partial charge in [-0.1, -0.05) is 12.1 Å². The van der Waals surface area contributed by atoms with Crippen LogP contribution in [0.1, 0.15) is 18.5 Å². The van der Waals surface area contributed by atoms with Gasteiger partial charge in [0.25, 0.3) is 0 Å². The molecule has 1 atom stereocenters. The van der Waals surface area contributed by atoms with Gasteiger partial charge in [-0.25, -0.2) is 4.39 Å². The minimum absolute atomic E-state index is 0.0479. The first-order chi connectivity index (χ1) is 9.08. The molecule has 1 amide bonds. The van der Waals surface area contributed by atoms with E-state index in [0.717, 1.165) is 18.7 Å². The number of halogens is 1. The van der Waals surface area contributed by atoms with Gasteiger partial charge in [-0.05, 0) is 24.6 Å². The van der Waals surface area contributed by atoms with Crippen molar-refractivity contribution in [3.05, 3.63) is 35.6 Å². The molecule has 2 rings (SSSR count). The summed E-state index contributed by atoms with van der Waals surface area (Å²) in [6.45, 7) is 3.95. The van der Waals surface area contributed by atoms with Crippen molar-refractivity contribution in [2.75, 3.05) is 26.2 Å². The molecule has 1 unspecified atom stereocenters. The number of nitrogens with one attached hydrogen (secondary N) is 1. The van der Waals surface area contributed by atoms with Crippen molar-refractivity contribution in [3.63, 3.8) is 0 Å². The summed E-state index contributed by atoms with van der Waals surface area (Å²) in [4.78, 5) is 13.8. The Morgan fingerprint density at radius 2 is 2.11 bits per heavy atom. The lowest BCUT2D eigenvalue weighted by molar-refractivity contribution is -0.124. The van der Waals surface area contributed by atoms with E-state index in [1.165, 1.54) is 12.1 Å². The minimum Gasteiger partial charge on any atom is -0.396 e. The number of carbonyl (C=O) groups excluding carboxylic acids is 1. The lowest BCUT2D eigenvalue weighted by atomic mass is 10.0. The fraction of sp³-hybridized carbons (Fsp3) is 0.500. The summed E-state index contributed by atoms with van der Waals surface area (Å²) >= 11 is 0. The number of likely N-dealkylation sites (tertiary alicyclic amines) is 1. The molecule has 1 saturated heterocycles. The molecule has 0 radical (unpaired) electrons. The van der Waals surface area contributed by atoms with Gasteiger partial charge in [-0.2, -0.15) is 0 Å². The quantitative estimate of drug-likeness (QED) is 0.833. The fourth-order valence-electron chi connectivity index (χ4n) is 2.25. The van der Waals surface area contributed by atoms with Gasteiger partial charge in [0.2, 0.25) is 5.91 Å². The molecule has 0 aliphatic carbocycles. The largest absolute Gasteiger partial charge is 0.396 e. The summed E-state index contributed by atoms with van der Waals surface area (Å²) < 4.78 is 12.8. The summed E-state index contributed by atoms with van der Waals surface area (Å²) in [6.07, 6.45) is 0. The zero-order valence-electron chi connectivity index (χ0n) is 11.0. The van der Waals surface area contributed by atoms with Crippen LogP contribution < -0.4 is 5.32 Å². The number of hydrogen-bond donors (Lipinski definition) is 2. The number of carbonyl (C=O) groups is 1. The molecule has 2 N–H and O–H groups in total. The van der Waals surface area contributed by atoms with Crippen molar-refractivity contribution in [1.29, 1.82) is 0 Å². The molecule has 104 valence electrons. The Labute approximate surface area is 112 Å². The zero-order valence-corrected chi connectivity index (χ0v) is 11.0. The molecule has 1 aromatic carbocycles. The van der Waals surface area contributed by atoms with Gasteiger partial charge >= 0.3 is 0 Å². The van der Waals surface area contributed by atoms with Gasteiger partial charge in [0.1, 0.15) is 5.82 Å². The highest BCUT2D eigenvalue weighted by Crippen LogP contribution is 2.15. The van der Waals surface area contributed by atoms with Crippen LogP contribution in [0.3, 0.4) is 0 Å². The molecule has 0 spiro atoms. The van der Waals surface area contributed by atoms with E-state index < -0.39 is 0 Å². The van der Waals surface area contributed by atoms with E-state index in [-0.39, 0.29) is 24.4 Å². The Morgan fingerprint density at radius 1 is 1.47 bits per heavy atom. The monoisotopic (exact) mass is 266 g/mol. The van der Waals surface area contributed by atoms with Crippen molar-refractivity contribution < 1.29 is 14.3 Å². The van der Waals surface area contributed by atoms with Gasteiger partial charge in [-0.3, -0.25) is 9.69 Å². The molecule has 0 bridgehead atoms. The lowest BCUT2D eigenvalue weighted by Gasteiger charge is -2.37. The van der Waals surface area contributed by atoms with E-state index in [1.807, 2.05) is 11.8 Å². The topological polar surface area (TPSA) is 52.6 Å². The average molecular weight is 266 g/mol. The second-order valence-electron chi connectivity index (χ2n) is 5.08. The number of amides is 1. The SMILES string of the molecule is CC(NC(=O)CN1CC(CO)C1)c1ccc(F)cc1. The van der Waals surface area contributed by atoms with Gasteiger partial charge in [0.05, 0.1) is 12.6 Å². The van der Waals surface area contributed by atoms with E-state index in [2.05, 4.69) is 5.32 Å². The van der Waals surface area contributed by atoms with E-state index in [9.17, 15) is 9.18 Å². The van der Waals surface area contributed by atoms with Crippen molar-refractivity contribution in [1.82, 2.24) is 10.2 Å². The molecule has 5 heteroatoms. The third kappa shape index (κ3) is 3.75. The molecule has 4 nitrogen and oxygen atoms in total. The molecule has 1 aromatic rings. The molecule has 1 aliphatic heterocycles. The predicted molar refractivity (Wildman–Crippen MR) is 70.0 cm³/mol. The highest BCUT2D eigenvalue weighted by molar-refractivity contribution is 5.78. The number of nitrogens with zero attached hydrogens (tertiary/aromatic N) is 1. The first kappa shape index (κ1) is 14.0. The maximum absolute atomic E-state index is 12.8. The third-order valence-corrected chi connectivity index (χ3v) is 3.41. The van der Waals surface area contributed by atoms with E-state index in [0.29, 0.717) is 12.5 Å². The number of rotatable bonds is 5. The zero-order chi connectivity index (χ0) is 13.8. The van der Waals surface area contributed by atoms with Crippen LogP contribution in [0.4, 0.5) is 4.39 Å². The van der Waals surface area contributed by atoms with E-state index >= 15 is 0 Å². The van der Waals surface area contributed by atoms with Gasteiger partial charge in [-0.15, -0.1) is 0 Å². The smallest absolute Gasteiger partial charge is 0.234 e. The van der Waals surface area contributed by atoms with Crippen molar-refractivity contribution in [2.24, 2.45) is 5.92 Å². The van der Waals surface area contributed by atoms with Crippen LogP contribution in [-0.2, 0) is 4.79 Å². The van der Waals surface area contributed by atoms with Crippen LogP contribution in [0.15, 0.2) is 24.3 Å². The maximum Gasteiger partial charge on any atom is 0.234 e. The van der Waals surface area contributed by atoms with Crippen LogP contribution >= 0.6 is 0 Å². The Hall–Kier alpha value is -1.46. The highest BCUT2D eigenvalue weighted by atomic mass is 19.1. The van der Waals surface area contributed by atoms with Crippen LogP contribution in [0.5, 0.6) is 0 Å². The third-order valence-electron chi connectivity index (χ3n) is 3.41. The summed E-state index contributed by atoms with van der Waals surface area (Å²) in [5.74, 6) is -0.0200. The van der Waals surface area contributed by atoms with Crippen molar-refractivity contribution in [2.45, 2.75) is 13.0 Å². The Morgan fingerprint density at radius 3 is 2.68 bits per heavy atom. The van der Waals surface area contributed by atoms with Crippen molar-refractivity contribution in [3.8, 4) is 0 Å². The molecule has 0 saturated carbocycles. The van der Waals surface area contributed by atoms with E-state index in [1.54, 1.807) is 12.1 Å². The van der Waals surface area contributed by atoms with Crippen LogP contribution in [0.2, 0.25) is 0 Å². The standard InChI is InChI=1S/C14H19FN2O2/c1-10(12-2-4-13(15)5-3-12)16-14(19)8-17-6-11(7-17)9-18/h2-5,10-11,18H,6-9H2,1H3,(H,16,19). The summed E-state index contributed by atoms with van der Waals surface area (Å²) in [7, 11) is 0. The maximum atomic E-state index is 12.8. The average Bonchev–Trinajstić information content (AvgIpc) is 2.33. The van der Waals surface area contributed by atoms with Crippen LogP contribution in [-0.4, -0.2) is 42.2 Å². The number of aliphatic hydroxyl groups is 1. The second kappa shape index (κ2) is 6.12. The first-order valence-electron chi connectivity index (χ1n) is 6.46. The number of benzene rings is 1. The Kier molecular flexibility index (Phi) is 4.50. The number of aliphatic hydroxyl groups excluding tert-OH is 1. The Bertz CT molecular complexity index is 430. The van der Waals surface area contributed by atoms with Gasteiger partial charge < -0.3 is 10.4 Å². The normalized spacial score (nSPS) is 17.8. The van der Waals surface area contributed by atoms with Crippen molar-refractivity contribution >= 4 is 5.91 Å². The second-order valence-corrected chi connectivity index (χ2v) is 5.08. The Balaban J connectivity index is 1.77. The number of hydrogen-bond acceptors (Lipinski definition) is 3. The summed E-state index contributed by atoms with van der Waals surface area (Å²) in [5, 5.41) is 11.8. The fourth-order valence-corrected chi connectivity index (χ4v) is 2.25.